The average molecular weight is 283 g/mol. The summed E-state index contributed by atoms with van der Waals surface area (Å²) in [5, 5.41) is 3.30. The van der Waals surface area contributed by atoms with Crippen molar-refractivity contribution in [3.05, 3.63) is 29.6 Å². The second-order valence-corrected chi connectivity index (χ2v) is 4.45. The summed E-state index contributed by atoms with van der Waals surface area (Å²) in [6, 6.07) is 4.37. The fraction of sp³-hybridized carbons (Fsp3) is 0.533. The van der Waals surface area contributed by atoms with E-state index in [4.69, 9.17) is 9.47 Å². The molecule has 20 heavy (non-hydrogen) atoms. The third-order valence-corrected chi connectivity index (χ3v) is 2.79. The molecule has 4 nitrogen and oxygen atoms in total. The number of halogens is 1. The molecule has 0 amide bonds. The molecule has 0 aliphatic heterocycles. The molecule has 1 unspecified atom stereocenters. The highest BCUT2D eigenvalue weighted by molar-refractivity contribution is 5.71. The van der Waals surface area contributed by atoms with Gasteiger partial charge in [0.25, 0.3) is 0 Å². The number of ether oxygens (including phenoxy) is 2. The molecule has 1 rings (SSSR count). The lowest BCUT2D eigenvalue weighted by atomic mass is 10.1. The molecule has 0 aliphatic rings. The third kappa shape index (κ3) is 5.17. The Balaban J connectivity index is 2.76. The number of carbonyl (C=O) groups is 1. The SMILES string of the molecule is CCCNC(C)c1ccc(F)cc1OCC(=O)OCC. The van der Waals surface area contributed by atoms with Crippen LogP contribution in [0.15, 0.2) is 18.2 Å². The van der Waals surface area contributed by atoms with Crippen LogP contribution < -0.4 is 10.1 Å². The van der Waals surface area contributed by atoms with Crippen molar-refractivity contribution < 1.29 is 18.7 Å². The maximum atomic E-state index is 13.3. The number of hydrogen-bond donors (Lipinski definition) is 1. The number of benzene rings is 1. The number of esters is 1. The van der Waals surface area contributed by atoms with Crippen molar-refractivity contribution in [1.29, 1.82) is 0 Å². The van der Waals surface area contributed by atoms with Crippen molar-refractivity contribution >= 4 is 5.97 Å². The second kappa shape index (κ2) is 8.53. The fourth-order valence-corrected chi connectivity index (χ4v) is 1.80. The molecular weight excluding hydrogens is 261 g/mol. The lowest BCUT2D eigenvalue weighted by Gasteiger charge is -2.18. The summed E-state index contributed by atoms with van der Waals surface area (Å²) in [6.45, 7) is 6.71. The first-order valence-electron chi connectivity index (χ1n) is 6.89. The molecule has 0 aliphatic carbocycles. The highest BCUT2D eigenvalue weighted by atomic mass is 19.1. The molecule has 0 saturated carbocycles. The largest absolute Gasteiger partial charge is 0.481 e. The number of rotatable bonds is 8. The highest BCUT2D eigenvalue weighted by Crippen LogP contribution is 2.26. The third-order valence-electron chi connectivity index (χ3n) is 2.79. The van der Waals surface area contributed by atoms with E-state index < -0.39 is 11.8 Å². The molecule has 0 bridgehead atoms. The van der Waals surface area contributed by atoms with Gasteiger partial charge in [-0.1, -0.05) is 13.0 Å². The van der Waals surface area contributed by atoms with Crippen LogP contribution in [-0.2, 0) is 9.53 Å². The molecule has 0 spiro atoms. The quantitative estimate of drug-likeness (QED) is 0.745. The van der Waals surface area contributed by atoms with Gasteiger partial charge in [-0.15, -0.1) is 0 Å². The van der Waals surface area contributed by atoms with E-state index in [0.29, 0.717) is 12.4 Å². The topological polar surface area (TPSA) is 47.6 Å². The zero-order chi connectivity index (χ0) is 15.0. The number of hydrogen-bond acceptors (Lipinski definition) is 4. The highest BCUT2D eigenvalue weighted by Gasteiger charge is 2.13. The Labute approximate surface area is 119 Å². The fourth-order valence-electron chi connectivity index (χ4n) is 1.80. The molecule has 1 atom stereocenters. The summed E-state index contributed by atoms with van der Waals surface area (Å²) < 4.78 is 23.5. The monoisotopic (exact) mass is 283 g/mol. The Morgan fingerprint density at radius 1 is 1.40 bits per heavy atom. The van der Waals surface area contributed by atoms with Gasteiger partial charge in [0.15, 0.2) is 6.61 Å². The summed E-state index contributed by atoms with van der Waals surface area (Å²) in [5.41, 5.74) is 0.823. The Morgan fingerprint density at radius 3 is 2.80 bits per heavy atom. The summed E-state index contributed by atoms with van der Waals surface area (Å²) in [5.74, 6) is -0.485. The molecule has 1 aromatic carbocycles. The normalized spacial score (nSPS) is 12.0. The van der Waals surface area contributed by atoms with E-state index in [-0.39, 0.29) is 12.6 Å². The second-order valence-electron chi connectivity index (χ2n) is 4.45. The Kier molecular flexibility index (Phi) is 7.01. The molecule has 0 heterocycles. The maximum Gasteiger partial charge on any atom is 0.344 e. The van der Waals surface area contributed by atoms with E-state index in [1.807, 2.05) is 6.92 Å². The number of carbonyl (C=O) groups excluding carboxylic acids is 1. The minimum Gasteiger partial charge on any atom is -0.481 e. The Bertz CT molecular complexity index is 437. The van der Waals surface area contributed by atoms with Crippen LogP contribution in [-0.4, -0.2) is 25.7 Å². The van der Waals surface area contributed by atoms with Crippen molar-refractivity contribution in [3.8, 4) is 5.75 Å². The van der Waals surface area contributed by atoms with Gasteiger partial charge in [0.05, 0.1) is 6.61 Å². The molecule has 0 radical (unpaired) electrons. The first-order chi connectivity index (χ1) is 9.58. The zero-order valence-corrected chi connectivity index (χ0v) is 12.2. The van der Waals surface area contributed by atoms with Crippen molar-refractivity contribution in [1.82, 2.24) is 5.32 Å². The first-order valence-corrected chi connectivity index (χ1v) is 6.89. The first kappa shape index (κ1) is 16.4. The van der Waals surface area contributed by atoms with Gasteiger partial charge in [0.2, 0.25) is 0 Å². The molecule has 1 N–H and O–H groups in total. The van der Waals surface area contributed by atoms with Crippen molar-refractivity contribution in [2.75, 3.05) is 19.8 Å². The van der Waals surface area contributed by atoms with Gasteiger partial charge < -0.3 is 14.8 Å². The molecule has 5 heteroatoms. The predicted octanol–water partition coefficient (Wildman–Crippen LogP) is 2.83. The van der Waals surface area contributed by atoms with Gasteiger partial charge in [-0.3, -0.25) is 0 Å². The Morgan fingerprint density at radius 2 is 2.15 bits per heavy atom. The van der Waals surface area contributed by atoms with E-state index in [1.165, 1.54) is 12.1 Å². The van der Waals surface area contributed by atoms with Gasteiger partial charge in [-0.05, 0) is 32.9 Å². The van der Waals surface area contributed by atoms with Crippen LogP contribution in [0.3, 0.4) is 0 Å². The van der Waals surface area contributed by atoms with Gasteiger partial charge in [-0.2, -0.15) is 0 Å². The molecule has 112 valence electrons. The van der Waals surface area contributed by atoms with Crippen molar-refractivity contribution in [2.45, 2.75) is 33.2 Å². The van der Waals surface area contributed by atoms with E-state index in [0.717, 1.165) is 18.5 Å². The van der Waals surface area contributed by atoms with Crippen molar-refractivity contribution in [3.63, 3.8) is 0 Å². The standard InChI is InChI=1S/C15H22FNO3/c1-4-8-17-11(3)13-7-6-12(16)9-14(13)20-10-15(18)19-5-2/h6-7,9,11,17H,4-5,8,10H2,1-3H3. The minimum atomic E-state index is -0.461. The van der Waals surface area contributed by atoms with Gasteiger partial charge in [0, 0.05) is 17.7 Å². The molecule has 1 aromatic rings. The van der Waals surface area contributed by atoms with Crippen LogP contribution in [0.25, 0.3) is 0 Å². The van der Waals surface area contributed by atoms with E-state index in [2.05, 4.69) is 12.2 Å². The van der Waals surface area contributed by atoms with Crippen LogP contribution in [0.5, 0.6) is 5.75 Å². The summed E-state index contributed by atoms with van der Waals surface area (Å²) in [4.78, 5) is 11.3. The van der Waals surface area contributed by atoms with Crippen LogP contribution in [0.4, 0.5) is 4.39 Å². The zero-order valence-electron chi connectivity index (χ0n) is 12.2. The van der Waals surface area contributed by atoms with E-state index in [9.17, 15) is 9.18 Å². The average Bonchev–Trinajstić information content (AvgIpc) is 2.43. The maximum absolute atomic E-state index is 13.3. The molecule has 0 fully saturated rings. The van der Waals surface area contributed by atoms with Gasteiger partial charge in [0.1, 0.15) is 11.6 Å². The summed E-state index contributed by atoms with van der Waals surface area (Å²) >= 11 is 0. The van der Waals surface area contributed by atoms with Crippen LogP contribution in [0.2, 0.25) is 0 Å². The summed E-state index contributed by atoms with van der Waals surface area (Å²) in [6.07, 6.45) is 1.00. The Hall–Kier alpha value is -1.62. The van der Waals surface area contributed by atoms with Crippen LogP contribution in [0, 0.1) is 5.82 Å². The van der Waals surface area contributed by atoms with E-state index in [1.54, 1.807) is 13.0 Å². The van der Waals surface area contributed by atoms with Gasteiger partial charge in [-0.25, -0.2) is 9.18 Å². The molecular formula is C15H22FNO3. The van der Waals surface area contributed by atoms with E-state index >= 15 is 0 Å². The predicted molar refractivity (Wildman–Crippen MR) is 75.2 cm³/mol. The smallest absolute Gasteiger partial charge is 0.344 e. The summed E-state index contributed by atoms with van der Waals surface area (Å²) in [7, 11) is 0. The van der Waals surface area contributed by atoms with Crippen molar-refractivity contribution in [2.24, 2.45) is 0 Å². The number of nitrogens with one attached hydrogen (secondary N) is 1. The minimum absolute atomic E-state index is 0.0211. The van der Waals surface area contributed by atoms with Gasteiger partial charge >= 0.3 is 5.97 Å². The molecule has 0 saturated heterocycles. The lowest BCUT2D eigenvalue weighted by molar-refractivity contribution is -0.145. The van der Waals surface area contributed by atoms with Crippen LogP contribution >= 0.6 is 0 Å². The van der Waals surface area contributed by atoms with Crippen LogP contribution in [0.1, 0.15) is 38.8 Å². The molecule has 0 aromatic heterocycles. The lowest BCUT2D eigenvalue weighted by Crippen LogP contribution is -2.21.